The van der Waals surface area contributed by atoms with Gasteiger partial charge >= 0.3 is 0 Å². The number of benzene rings is 2. The Morgan fingerprint density at radius 2 is 1.88 bits per heavy atom. The van der Waals surface area contributed by atoms with Crippen LogP contribution in [0.2, 0.25) is 5.02 Å². The summed E-state index contributed by atoms with van der Waals surface area (Å²) in [6.45, 7) is 0. The zero-order valence-electron chi connectivity index (χ0n) is 13.7. The molecule has 0 amide bonds. The normalized spacial score (nSPS) is 23.2. The Morgan fingerprint density at radius 1 is 1.12 bits per heavy atom. The van der Waals surface area contributed by atoms with Crippen LogP contribution in [-0.4, -0.2) is 16.4 Å². The number of hydrogen-bond donors (Lipinski definition) is 0. The van der Waals surface area contributed by atoms with Crippen molar-refractivity contribution in [3.63, 3.8) is 0 Å². The summed E-state index contributed by atoms with van der Waals surface area (Å²) in [5.74, 6) is 0.691. The molecule has 3 aliphatic rings. The molecule has 0 N–H and O–H groups in total. The predicted octanol–water partition coefficient (Wildman–Crippen LogP) is 5.29. The van der Waals surface area contributed by atoms with E-state index in [4.69, 9.17) is 21.4 Å². The summed E-state index contributed by atoms with van der Waals surface area (Å²) in [6.07, 6.45) is 5.03. The van der Waals surface area contributed by atoms with Crippen molar-refractivity contribution in [2.45, 2.75) is 43.9 Å². The van der Waals surface area contributed by atoms with Crippen molar-refractivity contribution < 1.29 is 9.13 Å². The summed E-state index contributed by atoms with van der Waals surface area (Å²) in [5.41, 5.74) is 2.68. The molecule has 2 aliphatic heterocycles. The number of hydrazone groups is 1. The minimum Gasteiger partial charge on any atom is -0.466 e. The molecule has 0 unspecified atom stereocenters. The summed E-state index contributed by atoms with van der Waals surface area (Å²) < 4.78 is 19.7. The summed E-state index contributed by atoms with van der Waals surface area (Å²) in [5, 5.41) is 7.79. The standard InChI is InChI=1S/C20H18ClFN2O/c21-14-5-8-19-16(11-14)18-12-17(13-3-6-15(22)7-4-13)23-24(18)20(25-19)9-1-2-10-20/h3-8,11,18H,1-2,9-10,12H2/t18-/m0/s1. The molecule has 2 heterocycles. The first kappa shape index (κ1) is 15.2. The maximum absolute atomic E-state index is 13.3. The van der Waals surface area contributed by atoms with Gasteiger partial charge in [-0.25, -0.2) is 9.40 Å². The molecule has 5 rings (SSSR count). The monoisotopic (exact) mass is 356 g/mol. The Labute approximate surface area is 151 Å². The second-order valence-electron chi connectivity index (χ2n) is 7.06. The third-order valence-corrected chi connectivity index (χ3v) is 5.76. The lowest BCUT2D eigenvalue weighted by molar-refractivity contribution is -0.114. The van der Waals surface area contributed by atoms with Gasteiger partial charge in [0.05, 0.1) is 11.8 Å². The van der Waals surface area contributed by atoms with E-state index in [0.29, 0.717) is 5.02 Å². The minimum atomic E-state index is -0.354. The van der Waals surface area contributed by atoms with Crippen molar-refractivity contribution in [2.24, 2.45) is 5.10 Å². The summed E-state index contributed by atoms with van der Waals surface area (Å²) in [7, 11) is 0. The van der Waals surface area contributed by atoms with Crippen molar-refractivity contribution in [3.05, 3.63) is 64.4 Å². The van der Waals surface area contributed by atoms with Crippen LogP contribution in [0.1, 0.15) is 49.3 Å². The van der Waals surface area contributed by atoms with E-state index in [1.54, 1.807) is 12.1 Å². The molecule has 1 fully saturated rings. The van der Waals surface area contributed by atoms with Gasteiger partial charge in [0.15, 0.2) is 5.72 Å². The lowest BCUT2D eigenvalue weighted by Crippen LogP contribution is -2.51. The van der Waals surface area contributed by atoms with Crippen molar-refractivity contribution in [1.82, 2.24) is 5.01 Å². The highest BCUT2D eigenvalue weighted by atomic mass is 35.5. The molecule has 3 nitrogen and oxygen atoms in total. The Kier molecular flexibility index (Phi) is 3.32. The lowest BCUT2D eigenvalue weighted by Gasteiger charge is -2.45. The molecule has 5 heteroatoms. The van der Waals surface area contributed by atoms with E-state index in [0.717, 1.165) is 54.7 Å². The number of halogens is 2. The largest absolute Gasteiger partial charge is 0.466 e. The molecule has 128 valence electrons. The maximum atomic E-state index is 13.3. The topological polar surface area (TPSA) is 24.8 Å². The zero-order chi connectivity index (χ0) is 17.0. The van der Waals surface area contributed by atoms with Gasteiger partial charge in [-0.2, -0.15) is 5.10 Å². The molecule has 1 saturated carbocycles. The molecule has 0 aromatic heterocycles. The van der Waals surface area contributed by atoms with E-state index in [9.17, 15) is 4.39 Å². The van der Waals surface area contributed by atoms with Crippen LogP contribution >= 0.6 is 11.6 Å². The van der Waals surface area contributed by atoms with Gasteiger partial charge in [0, 0.05) is 29.8 Å². The maximum Gasteiger partial charge on any atom is 0.198 e. The first-order chi connectivity index (χ1) is 12.1. The van der Waals surface area contributed by atoms with Gasteiger partial charge in [-0.1, -0.05) is 23.7 Å². The second kappa shape index (κ2) is 5.46. The van der Waals surface area contributed by atoms with Gasteiger partial charge in [0.25, 0.3) is 0 Å². The van der Waals surface area contributed by atoms with Gasteiger partial charge in [0.1, 0.15) is 11.6 Å². The van der Waals surface area contributed by atoms with Crippen molar-refractivity contribution in [2.75, 3.05) is 0 Å². The summed E-state index contributed by atoms with van der Waals surface area (Å²) in [4.78, 5) is 0. The van der Waals surface area contributed by atoms with Crippen molar-refractivity contribution in [1.29, 1.82) is 0 Å². The molecule has 0 radical (unpaired) electrons. The highest BCUT2D eigenvalue weighted by molar-refractivity contribution is 6.30. The first-order valence-electron chi connectivity index (χ1n) is 8.76. The summed E-state index contributed by atoms with van der Waals surface area (Å²) in [6, 6.07) is 12.5. The number of rotatable bonds is 1. The molecule has 0 saturated heterocycles. The van der Waals surface area contributed by atoms with E-state index in [1.807, 2.05) is 18.2 Å². The van der Waals surface area contributed by atoms with Crippen molar-refractivity contribution in [3.8, 4) is 5.75 Å². The molecule has 1 atom stereocenters. The third kappa shape index (κ3) is 2.35. The van der Waals surface area contributed by atoms with Crippen LogP contribution in [-0.2, 0) is 0 Å². The van der Waals surface area contributed by atoms with Crippen molar-refractivity contribution >= 4 is 17.3 Å². The predicted molar refractivity (Wildman–Crippen MR) is 95.4 cm³/mol. The fraction of sp³-hybridized carbons (Fsp3) is 0.350. The van der Waals surface area contributed by atoms with Crippen LogP contribution in [0.15, 0.2) is 47.6 Å². The molecular formula is C20H18ClFN2O. The minimum absolute atomic E-state index is 0.126. The fourth-order valence-corrected chi connectivity index (χ4v) is 4.51. The smallest absolute Gasteiger partial charge is 0.198 e. The molecule has 25 heavy (non-hydrogen) atoms. The Bertz CT molecular complexity index is 858. The van der Waals surface area contributed by atoms with E-state index in [-0.39, 0.29) is 17.6 Å². The van der Waals surface area contributed by atoms with Gasteiger partial charge in [-0.15, -0.1) is 0 Å². The number of ether oxygens (including phenoxy) is 1. The van der Waals surface area contributed by atoms with E-state index in [1.165, 1.54) is 12.1 Å². The van der Waals surface area contributed by atoms with Crippen LogP contribution in [0.25, 0.3) is 0 Å². The molecule has 2 aromatic carbocycles. The average Bonchev–Trinajstić information content (AvgIpc) is 3.25. The highest BCUT2D eigenvalue weighted by Gasteiger charge is 2.51. The Balaban J connectivity index is 1.60. The van der Waals surface area contributed by atoms with Crippen LogP contribution in [0.3, 0.4) is 0 Å². The van der Waals surface area contributed by atoms with Gasteiger partial charge < -0.3 is 4.74 Å². The number of nitrogens with zero attached hydrogens (tertiary/aromatic N) is 2. The Morgan fingerprint density at radius 3 is 2.64 bits per heavy atom. The zero-order valence-corrected chi connectivity index (χ0v) is 14.5. The average molecular weight is 357 g/mol. The molecule has 1 aliphatic carbocycles. The van der Waals surface area contributed by atoms with Gasteiger partial charge in [-0.3, -0.25) is 0 Å². The highest BCUT2D eigenvalue weighted by Crippen LogP contribution is 2.52. The molecular weight excluding hydrogens is 339 g/mol. The molecule has 0 bridgehead atoms. The van der Waals surface area contributed by atoms with Crippen LogP contribution in [0.4, 0.5) is 4.39 Å². The van der Waals surface area contributed by atoms with Crippen LogP contribution in [0.5, 0.6) is 5.75 Å². The van der Waals surface area contributed by atoms with E-state index >= 15 is 0 Å². The number of hydrogen-bond acceptors (Lipinski definition) is 3. The fourth-order valence-electron chi connectivity index (χ4n) is 4.33. The summed E-state index contributed by atoms with van der Waals surface area (Å²) >= 11 is 6.24. The quantitative estimate of drug-likeness (QED) is 0.693. The van der Waals surface area contributed by atoms with Crippen LogP contribution in [0, 0.1) is 5.82 Å². The lowest BCUT2D eigenvalue weighted by atomic mass is 9.94. The van der Waals surface area contributed by atoms with Gasteiger partial charge in [0.2, 0.25) is 0 Å². The Hall–Kier alpha value is -2.07. The van der Waals surface area contributed by atoms with E-state index in [2.05, 4.69) is 5.01 Å². The first-order valence-corrected chi connectivity index (χ1v) is 9.14. The molecule has 1 spiro atoms. The third-order valence-electron chi connectivity index (χ3n) is 5.52. The molecule has 2 aromatic rings. The number of fused-ring (bicyclic) bond motifs is 4. The second-order valence-corrected chi connectivity index (χ2v) is 7.49. The SMILES string of the molecule is Fc1ccc(C2=NN3[C@@H](C2)c2cc(Cl)ccc2OC32CCCC2)cc1. The van der Waals surface area contributed by atoms with Gasteiger partial charge in [-0.05, 0) is 48.7 Å². The van der Waals surface area contributed by atoms with Crippen LogP contribution < -0.4 is 4.74 Å². The van der Waals surface area contributed by atoms with E-state index < -0.39 is 0 Å².